The van der Waals surface area contributed by atoms with Gasteiger partial charge < -0.3 is 10.1 Å². The SMILES string of the molecule is C=CCCC1NCCc2cc(OC)ccc21. The minimum Gasteiger partial charge on any atom is -0.497 e. The molecular formula is C14H19NO. The standard InChI is InChI=1S/C14H19NO/c1-3-4-5-14-13-7-6-12(16-2)10-11(13)8-9-15-14/h3,6-7,10,14-15H,1,4-5,8-9H2,2H3. The Bertz CT molecular complexity index is 373. The lowest BCUT2D eigenvalue weighted by molar-refractivity contribution is 0.411. The van der Waals surface area contributed by atoms with Gasteiger partial charge >= 0.3 is 0 Å². The van der Waals surface area contributed by atoms with Crippen molar-refractivity contribution in [3.8, 4) is 5.75 Å². The minimum atomic E-state index is 0.479. The molecule has 1 unspecified atom stereocenters. The van der Waals surface area contributed by atoms with Gasteiger partial charge in [-0.1, -0.05) is 12.1 Å². The van der Waals surface area contributed by atoms with Crippen molar-refractivity contribution in [1.82, 2.24) is 5.32 Å². The van der Waals surface area contributed by atoms with Gasteiger partial charge in [0.15, 0.2) is 0 Å². The molecule has 0 radical (unpaired) electrons. The van der Waals surface area contributed by atoms with Gasteiger partial charge in [0.25, 0.3) is 0 Å². The summed E-state index contributed by atoms with van der Waals surface area (Å²) in [5, 5.41) is 3.56. The normalized spacial score (nSPS) is 18.9. The fourth-order valence-electron chi connectivity index (χ4n) is 2.30. The number of rotatable bonds is 4. The summed E-state index contributed by atoms with van der Waals surface area (Å²) in [6.07, 6.45) is 5.27. The molecule has 86 valence electrons. The summed E-state index contributed by atoms with van der Waals surface area (Å²) < 4.78 is 5.26. The van der Waals surface area contributed by atoms with Crippen LogP contribution in [0.2, 0.25) is 0 Å². The number of hydrogen-bond donors (Lipinski definition) is 1. The van der Waals surface area contributed by atoms with E-state index >= 15 is 0 Å². The fraction of sp³-hybridized carbons (Fsp3) is 0.429. The third-order valence-electron chi connectivity index (χ3n) is 3.17. The van der Waals surface area contributed by atoms with Gasteiger partial charge in [-0.15, -0.1) is 6.58 Å². The molecule has 0 aliphatic carbocycles. The first-order valence-corrected chi connectivity index (χ1v) is 5.86. The molecule has 0 aromatic heterocycles. The van der Waals surface area contributed by atoms with E-state index in [0.717, 1.165) is 31.6 Å². The highest BCUT2D eigenvalue weighted by Crippen LogP contribution is 2.29. The topological polar surface area (TPSA) is 21.3 Å². The summed E-state index contributed by atoms with van der Waals surface area (Å²) in [6, 6.07) is 6.88. The van der Waals surface area contributed by atoms with Crippen LogP contribution in [-0.2, 0) is 6.42 Å². The van der Waals surface area contributed by atoms with Gasteiger partial charge in [0, 0.05) is 6.04 Å². The Morgan fingerprint density at radius 2 is 2.44 bits per heavy atom. The fourth-order valence-corrected chi connectivity index (χ4v) is 2.30. The summed E-state index contributed by atoms with van der Waals surface area (Å²) in [7, 11) is 1.72. The molecule has 1 atom stereocenters. The molecule has 0 saturated carbocycles. The number of fused-ring (bicyclic) bond motifs is 1. The van der Waals surface area contributed by atoms with Crippen molar-refractivity contribution >= 4 is 0 Å². The smallest absolute Gasteiger partial charge is 0.119 e. The number of nitrogens with one attached hydrogen (secondary N) is 1. The predicted molar refractivity (Wildman–Crippen MR) is 66.9 cm³/mol. The van der Waals surface area contributed by atoms with Gasteiger partial charge in [0.2, 0.25) is 0 Å². The van der Waals surface area contributed by atoms with Crippen molar-refractivity contribution in [2.24, 2.45) is 0 Å². The average Bonchev–Trinajstić information content (AvgIpc) is 2.35. The van der Waals surface area contributed by atoms with Gasteiger partial charge in [-0.2, -0.15) is 0 Å². The number of methoxy groups -OCH3 is 1. The van der Waals surface area contributed by atoms with Crippen LogP contribution in [0.4, 0.5) is 0 Å². The van der Waals surface area contributed by atoms with Gasteiger partial charge in [0.1, 0.15) is 5.75 Å². The van der Waals surface area contributed by atoms with Crippen molar-refractivity contribution < 1.29 is 4.74 Å². The van der Waals surface area contributed by atoms with Gasteiger partial charge in [0.05, 0.1) is 7.11 Å². The quantitative estimate of drug-likeness (QED) is 0.783. The second-order valence-corrected chi connectivity index (χ2v) is 4.19. The Morgan fingerprint density at radius 1 is 1.56 bits per heavy atom. The van der Waals surface area contributed by atoms with Gasteiger partial charge in [-0.25, -0.2) is 0 Å². The van der Waals surface area contributed by atoms with Crippen LogP contribution in [0.3, 0.4) is 0 Å². The molecule has 0 amide bonds. The highest BCUT2D eigenvalue weighted by molar-refractivity contribution is 5.39. The van der Waals surface area contributed by atoms with Crippen LogP contribution in [0.15, 0.2) is 30.9 Å². The number of ether oxygens (including phenoxy) is 1. The van der Waals surface area contributed by atoms with E-state index in [1.807, 2.05) is 12.1 Å². The van der Waals surface area contributed by atoms with Crippen LogP contribution in [0.5, 0.6) is 5.75 Å². The maximum Gasteiger partial charge on any atom is 0.119 e. The van der Waals surface area contributed by atoms with Crippen molar-refractivity contribution in [2.45, 2.75) is 25.3 Å². The third kappa shape index (κ3) is 2.27. The largest absolute Gasteiger partial charge is 0.497 e. The molecule has 1 aromatic rings. The molecular weight excluding hydrogens is 198 g/mol. The molecule has 0 bridgehead atoms. The molecule has 1 aliphatic rings. The van der Waals surface area contributed by atoms with E-state index in [-0.39, 0.29) is 0 Å². The van der Waals surface area contributed by atoms with E-state index in [9.17, 15) is 0 Å². The zero-order chi connectivity index (χ0) is 11.4. The van der Waals surface area contributed by atoms with E-state index in [0.29, 0.717) is 6.04 Å². The molecule has 0 fully saturated rings. The maximum atomic E-state index is 5.26. The Labute approximate surface area is 97.3 Å². The molecule has 2 rings (SSSR count). The Balaban J connectivity index is 2.21. The van der Waals surface area contributed by atoms with E-state index in [4.69, 9.17) is 4.74 Å². The molecule has 16 heavy (non-hydrogen) atoms. The second-order valence-electron chi connectivity index (χ2n) is 4.19. The highest BCUT2D eigenvalue weighted by Gasteiger charge is 2.18. The average molecular weight is 217 g/mol. The number of allylic oxidation sites excluding steroid dienone is 1. The summed E-state index contributed by atoms with van der Waals surface area (Å²) in [5.74, 6) is 0.961. The molecule has 1 aromatic carbocycles. The van der Waals surface area contributed by atoms with Gasteiger partial charge in [-0.3, -0.25) is 0 Å². The van der Waals surface area contributed by atoms with E-state index < -0.39 is 0 Å². The summed E-state index contributed by atoms with van der Waals surface area (Å²) in [4.78, 5) is 0. The first-order chi connectivity index (χ1) is 7.85. The highest BCUT2D eigenvalue weighted by atomic mass is 16.5. The second kappa shape index (κ2) is 5.17. The van der Waals surface area contributed by atoms with Crippen LogP contribution >= 0.6 is 0 Å². The van der Waals surface area contributed by atoms with E-state index in [1.165, 1.54) is 11.1 Å². The van der Waals surface area contributed by atoms with Crippen LogP contribution < -0.4 is 10.1 Å². The summed E-state index contributed by atoms with van der Waals surface area (Å²) >= 11 is 0. The number of hydrogen-bond acceptors (Lipinski definition) is 2. The zero-order valence-electron chi connectivity index (χ0n) is 9.83. The lowest BCUT2D eigenvalue weighted by Crippen LogP contribution is -2.29. The summed E-state index contributed by atoms with van der Waals surface area (Å²) in [6.45, 7) is 4.84. The van der Waals surface area contributed by atoms with Crippen molar-refractivity contribution in [2.75, 3.05) is 13.7 Å². The van der Waals surface area contributed by atoms with Gasteiger partial charge in [-0.05, 0) is 49.1 Å². The van der Waals surface area contributed by atoms with Crippen LogP contribution in [-0.4, -0.2) is 13.7 Å². The van der Waals surface area contributed by atoms with Crippen LogP contribution in [0, 0.1) is 0 Å². The Morgan fingerprint density at radius 3 is 3.19 bits per heavy atom. The molecule has 1 N–H and O–H groups in total. The van der Waals surface area contributed by atoms with Crippen molar-refractivity contribution in [3.05, 3.63) is 42.0 Å². The first kappa shape index (κ1) is 11.2. The Kier molecular flexibility index (Phi) is 3.62. The first-order valence-electron chi connectivity index (χ1n) is 5.86. The third-order valence-corrected chi connectivity index (χ3v) is 3.17. The van der Waals surface area contributed by atoms with Crippen molar-refractivity contribution in [3.63, 3.8) is 0 Å². The minimum absolute atomic E-state index is 0.479. The van der Waals surface area contributed by atoms with Crippen molar-refractivity contribution in [1.29, 1.82) is 0 Å². The molecule has 2 nitrogen and oxygen atoms in total. The zero-order valence-corrected chi connectivity index (χ0v) is 9.83. The lowest BCUT2D eigenvalue weighted by atomic mass is 9.91. The van der Waals surface area contributed by atoms with E-state index in [2.05, 4.69) is 24.0 Å². The van der Waals surface area contributed by atoms with E-state index in [1.54, 1.807) is 7.11 Å². The van der Waals surface area contributed by atoms with Crippen LogP contribution in [0.25, 0.3) is 0 Å². The Hall–Kier alpha value is -1.28. The number of benzene rings is 1. The molecule has 0 spiro atoms. The predicted octanol–water partition coefficient (Wildman–Crippen LogP) is 2.85. The molecule has 1 aliphatic heterocycles. The summed E-state index contributed by atoms with van der Waals surface area (Å²) in [5.41, 5.74) is 2.85. The molecule has 0 saturated heterocycles. The maximum absolute atomic E-state index is 5.26. The van der Waals surface area contributed by atoms with Crippen LogP contribution in [0.1, 0.15) is 30.0 Å². The monoisotopic (exact) mass is 217 g/mol. The molecule has 2 heteroatoms. The lowest BCUT2D eigenvalue weighted by Gasteiger charge is -2.27. The molecule has 1 heterocycles.